The Balaban J connectivity index is 1.72. The van der Waals surface area contributed by atoms with Crippen LogP contribution in [0.3, 0.4) is 0 Å². The lowest BCUT2D eigenvalue weighted by Gasteiger charge is -2.03. The summed E-state index contributed by atoms with van der Waals surface area (Å²) in [5, 5.41) is 6.38. The minimum atomic E-state index is -0.195. The zero-order chi connectivity index (χ0) is 13.0. The molecule has 0 bridgehead atoms. The molecular formula is C12H15N3O3. The summed E-state index contributed by atoms with van der Waals surface area (Å²) in [6, 6.07) is 3.58. The number of hydrogen-bond acceptors (Lipinski definition) is 4. The van der Waals surface area contributed by atoms with Gasteiger partial charge >= 0.3 is 0 Å². The maximum Gasteiger partial charge on any atom is 0.258 e. The average molecular weight is 249 g/mol. The maximum atomic E-state index is 11.5. The quantitative estimate of drug-likeness (QED) is 0.858. The van der Waals surface area contributed by atoms with Crippen LogP contribution in [0.2, 0.25) is 0 Å². The van der Waals surface area contributed by atoms with Gasteiger partial charge in [0, 0.05) is 32.1 Å². The second-order valence-electron chi connectivity index (χ2n) is 4.03. The van der Waals surface area contributed by atoms with E-state index in [4.69, 9.17) is 9.26 Å². The number of rotatable bonds is 5. The van der Waals surface area contributed by atoms with E-state index in [1.807, 2.05) is 30.1 Å². The third-order valence-electron chi connectivity index (χ3n) is 2.34. The van der Waals surface area contributed by atoms with Crippen molar-refractivity contribution in [1.82, 2.24) is 15.0 Å². The predicted octanol–water partition coefficient (Wildman–Crippen LogP) is 1.02. The number of ether oxygens (including phenoxy) is 1. The third kappa shape index (κ3) is 3.38. The third-order valence-corrected chi connectivity index (χ3v) is 2.34. The molecule has 0 saturated carbocycles. The molecule has 6 nitrogen and oxygen atoms in total. The molecule has 0 spiro atoms. The molecule has 2 aromatic rings. The molecule has 1 N–H and O–H groups in total. The highest BCUT2D eigenvalue weighted by atomic mass is 16.5. The van der Waals surface area contributed by atoms with Crippen LogP contribution in [0.1, 0.15) is 11.3 Å². The summed E-state index contributed by atoms with van der Waals surface area (Å²) in [5.41, 5.74) is 1.04. The van der Waals surface area contributed by atoms with Crippen LogP contribution in [0.5, 0.6) is 5.88 Å². The molecule has 2 rings (SSSR count). The van der Waals surface area contributed by atoms with E-state index < -0.39 is 0 Å². The van der Waals surface area contributed by atoms with E-state index in [2.05, 4.69) is 10.5 Å². The Morgan fingerprint density at radius 3 is 3.06 bits per heavy atom. The second kappa shape index (κ2) is 5.39. The Hall–Kier alpha value is -2.24. The molecule has 96 valence electrons. The molecule has 2 heterocycles. The lowest BCUT2D eigenvalue weighted by molar-refractivity contribution is -0.123. The van der Waals surface area contributed by atoms with Gasteiger partial charge in [-0.1, -0.05) is 0 Å². The minimum Gasteiger partial charge on any atom is -0.465 e. The number of nitrogens with one attached hydrogen (secondary N) is 1. The van der Waals surface area contributed by atoms with Crippen molar-refractivity contribution in [2.75, 3.05) is 6.61 Å². The first kappa shape index (κ1) is 12.2. The Bertz CT molecular complexity index is 484. The lowest BCUT2D eigenvalue weighted by atomic mass is 10.3. The van der Waals surface area contributed by atoms with E-state index >= 15 is 0 Å². The van der Waals surface area contributed by atoms with Crippen molar-refractivity contribution in [2.24, 2.45) is 7.05 Å². The Labute approximate surface area is 105 Å². The summed E-state index contributed by atoms with van der Waals surface area (Å²) in [6.07, 6.45) is 3.87. The first-order chi connectivity index (χ1) is 8.63. The summed E-state index contributed by atoms with van der Waals surface area (Å²) in [7, 11) is 1.93. The summed E-state index contributed by atoms with van der Waals surface area (Å²) in [5.74, 6) is 0.775. The smallest absolute Gasteiger partial charge is 0.258 e. The van der Waals surface area contributed by atoms with Crippen molar-refractivity contribution in [3.05, 3.63) is 35.9 Å². The number of carbonyl (C=O) groups is 1. The molecule has 0 aliphatic rings. The van der Waals surface area contributed by atoms with Crippen LogP contribution >= 0.6 is 0 Å². The van der Waals surface area contributed by atoms with Gasteiger partial charge in [-0.15, -0.1) is 0 Å². The highest BCUT2D eigenvalue weighted by Crippen LogP contribution is 2.09. The van der Waals surface area contributed by atoms with E-state index in [1.54, 1.807) is 13.0 Å². The Morgan fingerprint density at radius 1 is 1.61 bits per heavy atom. The number of aryl methyl sites for hydroxylation is 2. The van der Waals surface area contributed by atoms with Gasteiger partial charge in [0.15, 0.2) is 6.61 Å². The molecule has 0 fully saturated rings. The Morgan fingerprint density at radius 2 is 2.44 bits per heavy atom. The lowest BCUT2D eigenvalue weighted by Crippen LogP contribution is -2.28. The summed E-state index contributed by atoms with van der Waals surface area (Å²) in [4.78, 5) is 11.5. The molecule has 6 heteroatoms. The van der Waals surface area contributed by atoms with E-state index in [1.165, 1.54) is 0 Å². The number of nitrogens with zero attached hydrogens (tertiary/aromatic N) is 2. The standard InChI is InChI=1S/C12H15N3O3/c1-9-5-12(14-18-9)17-8-11(16)13-6-10-3-4-15(2)7-10/h3-5,7H,6,8H2,1-2H3,(H,13,16). The highest BCUT2D eigenvalue weighted by molar-refractivity contribution is 5.77. The van der Waals surface area contributed by atoms with Crippen molar-refractivity contribution in [1.29, 1.82) is 0 Å². The first-order valence-corrected chi connectivity index (χ1v) is 5.57. The van der Waals surface area contributed by atoms with Crippen molar-refractivity contribution in [3.8, 4) is 5.88 Å². The summed E-state index contributed by atoms with van der Waals surface area (Å²) in [6.45, 7) is 2.18. The molecule has 0 radical (unpaired) electrons. The van der Waals surface area contributed by atoms with Gasteiger partial charge in [0.05, 0.1) is 0 Å². The highest BCUT2D eigenvalue weighted by Gasteiger charge is 2.06. The molecule has 0 unspecified atom stereocenters. The van der Waals surface area contributed by atoms with Crippen LogP contribution in [0, 0.1) is 6.92 Å². The van der Waals surface area contributed by atoms with Crippen LogP contribution in [0.15, 0.2) is 29.0 Å². The van der Waals surface area contributed by atoms with E-state index in [0.29, 0.717) is 18.2 Å². The number of carbonyl (C=O) groups excluding carboxylic acids is 1. The monoisotopic (exact) mass is 249 g/mol. The van der Waals surface area contributed by atoms with Crippen molar-refractivity contribution >= 4 is 5.91 Å². The van der Waals surface area contributed by atoms with Gasteiger partial charge in [-0.25, -0.2) is 0 Å². The number of amides is 1. The van der Waals surface area contributed by atoms with Gasteiger partial charge in [0.25, 0.3) is 11.8 Å². The van der Waals surface area contributed by atoms with Crippen LogP contribution in [-0.4, -0.2) is 22.2 Å². The molecule has 1 amide bonds. The van der Waals surface area contributed by atoms with Crippen LogP contribution in [-0.2, 0) is 18.4 Å². The first-order valence-electron chi connectivity index (χ1n) is 5.57. The number of hydrogen-bond donors (Lipinski definition) is 1. The van der Waals surface area contributed by atoms with Gasteiger partial charge in [0.1, 0.15) is 5.76 Å². The molecule has 0 aliphatic carbocycles. The predicted molar refractivity (Wildman–Crippen MR) is 64.0 cm³/mol. The molecule has 0 aromatic carbocycles. The average Bonchev–Trinajstić information content (AvgIpc) is 2.93. The van der Waals surface area contributed by atoms with Crippen molar-refractivity contribution < 1.29 is 14.1 Å². The topological polar surface area (TPSA) is 69.3 Å². The van der Waals surface area contributed by atoms with Crippen molar-refractivity contribution in [3.63, 3.8) is 0 Å². The van der Waals surface area contributed by atoms with Crippen LogP contribution in [0.4, 0.5) is 0 Å². The van der Waals surface area contributed by atoms with E-state index in [0.717, 1.165) is 5.56 Å². The second-order valence-corrected chi connectivity index (χ2v) is 4.03. The van der Waals surface area contributed by atoms with Crippen LogP contribution < -0.4 is 10.1 Å². The molecule has 0 aliphatic heterocycles. The zero-order valence-corrected chi connectivity index (χ0v) is 10.3. The summed E-state index contributed by atoms with van der Waals surface area (Å²) >= 11 is 0. The normalized spacial score (nSPS) is 10.3. The minimum absolute atomic E-state index is 0.0706. The van der Waals surface area contributed by atoms with Gasteiger partial charge in [0.2, 0.25) is 0 Å². The molecule has 0 atom stereocenters. The Kier molecular flexibility index (Phi) is 3.66. The van der Waals surface area contributed by atoms with Crippen LogP contribution in [0.25, 0.3) is 0 Å². The van der Waals surface area contributed by atoms with E-state index in [9.17, 15) is 4.79 Å². The largest absolute Gasteiger partial charge is 0.465 e. The van der Waals surface area contributed by atoms with Crippen molar-refractivity contribution in [2.45, 2.75) is 13.5 Å². The molecule has 2 aromatic heterocycles. The van der Waals surface area contributed by atoms with Gasteiger partial charge in [-0.3, -0.25) is 4.79 Å². The SMILES string of the molecule is Cc1cc(OCC(=O)NCc2ccn(C)c2)no1. The van der Waals surface area contributed by atoms with Gasteiger partial charge < -0.3 is 19.1 Å². The summed E-state index contributed by atoms with van der Waals surface area (Å²) < 4.78 is 11.9. The fraction of sp³-hybridized carbons (Fsp3) is 0.333. The van der Waals surface area contributed by atoms with E-state index in [-0.39, 0.29) is 12.5 Å². The molecule has 18 heavy (non-hydrogen) atoms. The van der Waals surface area contributed by atoms with Gasteiger partial charge in [-0.05, 0) is 23.7 Å². The zero-order valence-electron chi connectivity index (χ0n) is 10.3. The molecule has 0 saturated heterocycles. The number of aromatic nitrogens is 2. The van der Waals surface area contributed by atoms with Gasteiger partial charge in [-0.2, -0.15) is 0 Å². The fourth-order valence-corrected chi connectivity index (χ4v) is 1.47. The maximum absolute atomic E-state index is 11.5. The fourth-order valence-electron chi connectivity index (χ4n) is 1.47. The molecular weight excluding hydrogens is 234 g/mol.